The van der Waals surface area contributed by atoms with Gasteiger partial charge in [-0.3, -0.25) is 0 Å². The van der Waals surface area contributed by atoms with E-state index in [0.29, 0.717) is 0 Å². The molecule has 1 atom stereocenters. The number of hydrogen-bond donors (Lipinski definition) is 1. The molecule has 3 aromatic rings. The van der Waals surface area contributed by atoms with Crippen molar-refractivity contribution in [2.24, 2.45) is 5.73 Å². The van der Waals surface area contributed by atoms with Gasteiger partial charge in [0, 0.05) is 10.3 Å². The highest BCUT2D eigenvalue weighted by molar-refractivity contribution is 7.09. The second-order valence-corrected chi connectivity index (χ2v) is 5.80. The van der Waals surface area contributed by atoms with Crippen LogP contribution in [0.1, 0.15) is 29.5 Å². The standard InChI is InChI=1S/C16H17NOS/c17-14(8-3-6-13-7-4-10-19-13)16-11-12-5-1-2-9-15(12)18-16/h1-2,4-5,7,9-11,14H,3,6,8,17H2. The van der Waals surface area contributed by atoms with Gasteiger partial charge in [0.25, 0.3) is 0 Å². The summed E-state index contributed by atoms with van der Waals surface area (Å²) in [5, 5.41) is 3.25. The molecule has 2 aromatic heterocycles. The summed E-state index contributed by atoms with van der Waals surface area (Å²) in [6.07, 6.45) is 3.15. The Labute approximate surface area is 116 Å². The van der Waals surface area contributed by atoms with E-state index in [1.807, 2.05) is 29.5 Å². The molecule has 0 bridgehead atoms. The van der Waals surface area contributed by atoms with Crippen LogP contribution in [0.3, 0.4) is 0 Å². The summed E-state index contributed by atoms with van der Waals surface area (Å²) in [5.74, 6) is 0.896. The van der Waals surface area contributed by atoms with Crippen LogP contribution >= 0.6 is 11.3 Å². The van der Waals surface area contributed by atoms with Gasteiger partial charge in [-0.1, -0.05) is 24.3 Å². The van der Waals surface area contributed by atoms with Gasteiger partial charge >= 0.3 is 0 Å². The first-order valence-electron chi connectivity index (χ1n) is 6.59. The number of fused-ring (bicyclic) bond motifs is 1. The summed E-state index contributed by atoms with van der Waals surface area (Å²) in [6.45, 7) is 0. The number of rotatable bonds is 5. The molecule has 0 fully saturated rings. The van der Waals surface area contributed by atoms with Crippen molar-refractivity contribution in [3.05, 3.63) is 58.5 Å². The van der Waals surface area contributed by atoms with Gasteiger partial charge in [0.1, 0.15) is 11.3 Å². The Morgan fingerprint density at radius 3 is 2.84 bits per heavy atom. The zero-order chi connectivity index (χ0) is 13.1. The Morgan fingerprint density at radius 1 is 1.16 bits per heavy atom. The first-order chi connectivity index (χ1) is 9.33. The predicted octanol–water partition coefficient (Wildman–Crippen LogP) is 4.52. The zero-order valence-corrected chi connectivity index (χ0v) is 11.5. The first-order valence-corrected chi connectivity index (χ1v) is 7.47. The second kappa shape index (κ2) is 5.59. The van der Waals surface area contributed by atoms with Crippen LogP contribution in [0, 0.1) is 0 Å². The van der Waals surface area contributed by atoms with Crippen LogP contribution in [0.4, 0.5) is 0 Å². The fraction of sp³-hybridized carbons (Fsp3) is 0.250. The Balaban J connectivity index is 1.61. The molecule has 1 unspecified atom stereocenters. The molecule has 19 heavy (non-hydrogen) atoms. The van der Waals surface area contributed by atoms with Gasteiger partial charge in [0.2, 0.25) is 0 Å². The summed E-state index contributed by atoms with van der Waals surface area (Å²) >= 11 is 1.81. The van der Waals surface area contributed by atoms with Gasteiger partial charge in [-0.25, -0.2) is 0 Å². The maximum Gasteiger partial charge on any atom is 0.134 e. The van der Waals surface area contributed by atoms with Gasteiger partial charge in [-0.2, -0.15) is 0 Å². The molecule has 2 N–H and O–H groups in total. The van der Waals surface area contributed by atoms with Crippen molar-refractivity contribution < 1.29 is 4.42 Å². The number of benzene rings is 1. The average molecular weight is 271 g/mol. The summed E-state index contributed by atoms with van der Waals surface area (Å²) in [4.78, 5) is 1.43. The highest BCUT2D eigenvalue weighted by Gasteiger charge is 2.11. The number of aryl methyl sites for hydroxylation is 1. The van der Waals surface area contributed by atoms with E-state index in [1.165, 1.54) is 4.88 Å². The molecule has 0 aliphatic heterocycles. The van der Waals surface area contributed by atoms with E-state index in [2.05, 4.69) is 29.6 Å². The molecule has 2 nitrogen and oxygen atoms in total. The normalized spacial score (nSPS) is 12.9. The molecule has 0 saturated carbocycles. The third kappa shape index (κ3) is 2.88. The van der Waals surface area contributed by atoms with Crippen LogP contribution in [-0.2, 0) is 6.42 Å². The van der Waals surface area contributed by atoms with Crippen molar-refractivity contribution in [2.75, 3.05) is 0 Å². The van der Waals surface area contributed by atoms with E-state index in [0.717, 1.165) is 36.0 Å². The highest BCUT2D eigenvalue weighted by Crippen LogP contribution is 2.25. The largest absolute Gasteiger partial charge is 0.459 e. The molecule has 0 spiro atoms. The monoisotopic (exact) mass is 271 g/mol. The number of nitrogens with two attached hydrogens (primary N) is 1. The van der Waals surface area contributed by atoms with Crippen molar-refractivity contribution in [3.8, 4) is 0 Å². The van der Waals surface area contributed by atoms with Crippen molar-refractivity contribution >= 4 is 22.3 Å². The van der Waals surface area contributed by atoms with Crippen LogP contribution in [0.5, 0.6) is 0 Å². The van der Waals surface area contributed by atoms with Crippen molar-refractivity contribution in [1.29, 1.82) is 0 Å². The topological polar surface area (TPSA) is 39.2 Å². The van der Waals surface area contributed by atoms with Gasteiger partial charge in [0.15, 0.2) is 0 Å². The fourth-order valence-corrected chi connectivity index (χ4v) is 3.03. The minimum atomic E-state index is -0.00707. The van der Waals surface area contributed by atoms with Crippen molar-refractivity contribution in [1.82, 2.24) is 0 Å². The van der Waals surface area contributed by atoms with E-state index >= 15 is 0 Å². The predicted molar refractivity (Wildman–Crippen MR) is 80.4 cm³/mol. The molecular weight excluding hydrogens is 254 g/mol. The zero-order valence-electron chi connectivity index (χ0n) is 10.7. The number of furan rings is 1. The number of thiophene rings is 1. The van der Waals surface area contributed by atoms with Gasteiger partial charge in [-0.15, -0.1) is 11.3 Å². The van der Waals surface area contributed by atoms with Crippen LogP contribution in [-0.4, -0.2) is 0 Å². The first kappa shape index (κ1) is 12.5. The molecule has 98 valence electrons. The minimum Gasteiger partial charge on any atom is -0.459 e. The highest BCUT2D eigenvalue weighted by atomic mass is 32.1. The lowest BCUT2D eigenvalue weighted by Crippen LogP contribution is -2.09. The molecular formula is C16H17NOS. The van der Waals surface area contributed by atoms with E-state index < -0.39 is 0 Å². The van der Waals surface area contributed by atoms with Crippen LogP contribution in [0.25, 0.3) is 11.0 Å². The third-order valence-electron chi connectivity index (χ3n) is 3.33. The van der Waals surface area contributed by atoms with Crippen molar-refractivity contribution in [3.63, 3.8) is 0 Å². The summed E-state index contributed by atoms with van der Waals surface area (Å²) in [7, 11) is 0. The summed E-state index contributed by atoms with van der Waals surface area (Å²) in [5.41, 5.74) is 7.13. The molecule has 0 aliphatic rings. The van der Waals surface area contributed by atoms with Crippen LogP contribution in [0.15, 0.2) is 52.3 Å². The molecule has 0 amide bonds. The summed E-state index contributed by atoms with van der Waals surface area (Å²) in [6, 6.07) is 14.4. The molecule has 3 rings (SSSR count). The fourth-order valence-electron chi connectivity index (χ4n) is 2.28. The summed E-state index contributed by atoms with van der Waals surface area (Å²) < 4.78 is 5.80. The molecule has 2 heterocycles. The smallest absolute Gasteiger partial charge is 0.134 e. The SMILES string of the molecule is NC(CCCc1cccs1)c1cc2ccccc2o1. The van der Waals surface area contributed by atoms with Gasteiger partial charge in [-0.05, 0) is 42.8 Å². The Morgan fingerprint density at radius 2 is 2.05 bits per heavy atom. The Hall–Kier alpha value is -1.58. The lowest BCUT2D eigenvalue weighted by molar-refractivity contribution is 0.470. The van der Waals surface area contributed by atoms with E-state index in [1.54, 1.807) is 0 Å². The number of para-hydroxylation sites is 1. The molecule has 3 heteroatoms. The average Bonchev–Trinajstić information content (AvgIpc) is 3.07. The lowest BCUT2D eigenvalue weighted by Gasteiger charge is -2.07. The maximum absolute atomic E-state index is 6.21. The Kier molecular flexibility index (Phi) is 3.67. The Bertz CT molecular complexity index is 609. The molecule has 0 aliphatic carbocycles. The van der Waals surface area contributed by atoms with Crippen molar-refractivity contribution in [2.45, 2.75) is 25.3 Å². The quantitative estimate of drug-likeness (QED) is 0.741. The van der Waals surface area contributed by atoms with Crippen LogP contribution in [0.2, 0.25) is 0 Å². The molecule has 1 aromatic carbocycles. The molecule has 0 radical (unpaired) electrons. The maximum atomic E-state index is 6.21. The second-order valence-electron chi connectivity index (χ2n) is 4.76. The van der Waals surface area contributed by atoms with Crippen LogP contribution < -0.4 is 5.73 Å². The third-order valence-corrected chi connectivity index (χ3v) is 4.26. The van der Waals surface area contributed by atoms with E-state index in [-0.39, 0.29) is 6.04 Å². The number of hydrogen-bond acceptors (Lipinski definition) is 3. The van der Waals surface area contributed by atoms with E-state index in [9.17, 15) is 0 Å². The van der Waals surface area contributed by atoms with E-state index in [4.69, 9.17) is 10.2 Å². The molecule has 0 saturated heterocycles. The minimum absolute atomic E-state index is 0.00707. The van der Waals surface area contributed by atoms with Gasteiger partial charge < -0.3 is 10.2 Å². The lowest BCUT2D eigenvalue weighted by atomic mass is 10.1. The van der Waals surface area contributed by atoms with Gasteiger partial charge in [0.05, 0.1) is 6.04 Å².